The van der Waals surface area contributed by atoms with Crippen LogP contribution in [-0.2, 0) is 6.18 Å². The molecule has 3 N–H and O–H groups in total. The molecule has 30 heavy (non-hydrogen) atoms. The van der Waals surface area contributed by atoms with Crippen LogP contribution in [0, 0.1) is 0 Å². The summed E-state index contributed by atoms with van der Waals surface area (Å²) < 4.78 is 43.9. The lowest BCUT2D eigenvalue weighted by Crippen LogP contribution is -2.51. The van der Waals surface area contributed by atoms with Gasteiger partial charge >= 0.3 is 6.18 Å². The van der Waals surface area contributed by atoms with E-state index >= 15 is 0 Å². The molecule has 9 heteroatoms. The topological polar surface area (TPSA) is 57.2 Å². The van der Waals surface area contributed by atoms with Gasteiger partial charge in [-0.15, -0.1) is 0 Å². The van der Waals surface area contributed by atoms with Gasteiger partial charge in [-0.3, -0.25) is 4.40 Å². The molecule has 1 aromatic carbocycles. The van der Waals surface area contributed by atoms with Crippen molar-refractivity contribution in [3.63, 3.8) is 0 Å². The van der Waals surface area contributed by atoms with Crippen LogP contribution in [0.5, 0.6) is 0 Å². The Morgan fingerprint density at radius 1 is 1.20 bits per heavy atom. The number of alkyl halides is 3. The van der Waals surface area contributed by atoms with Crippen LogP contribution < -0.4 is 10.6 Å². The minimum Gasteiger partial charge on any atom is -0.379 e. The smallest absolute Gasteiger partial charge is 0.379 e. The highest BCUT2D eigenvalue weighted by molar-refractivity contribution is 6.17. The molecule has 4 heterocycles. The van der Waals surface area contributed by atoms with E-state index in [1.54, 1.807) is 12.3 Å². The van der Waals surface area contributed by atoms with Crippen molar-refractivity contribution in [1.29, 1.82) is 0 Å². The van der Waals surface area contributed by atoms with E-state index in [1.807, 2.05) is 24.3 Å². The molecule has 1 aliphatic rings. The minimum atomic E-state index is -4.53. The number of halogens is 3. The molecular formula is C21H22F3N5Si. The number of nitrogens with zero attached hydrogens (tertiary/aromatic N) is 2. The van der Waals surface area contributed by atoms with Crippen molar-refractivity contribution in [2.75, 3.05) is 18.4 Å². The predicted octanol–water partition coefficient (Wildman–Crippen LogP) is 3.36. The molecule has 1 saturated heterocycles. The lowest BCUT2D eigenvalue weighted by molar-refractivity contribution is -0.141. The van der Waals surface area contributed by atoms with Crippen LogP contribution in [0.25, 0.3) is 27.7 Å². The van der Waals surface area contributed by atoms with E-state index in [0.29, 0.717) is 16.9 Å². The Hall–Kier alpha value is -2.78. The van der Waals surface area contributed by atoms with Crippen LogP contribution in [0.3, 0.4) is 0 Å². The Labute approximate surface area is 174 Å². The number of H-pyrrole nitrogens is 1. The summed E-state index contributed by atoms with van der Waals surface area (Å²) in [5.74, 6) is 0. The predicted molar refractivity (Wildman–Crippen MR) is 116 cm³/mol. The molecular weight excluding hydrogens is 407 g/mol. The molecule has 156 valence electrons. The van der Waals surface area contributed by atoms with Gasteiger partial charge in [0.15, 0.2) is 5.65 Å². The maximum absolute atomic E-state index is 14.2. The number of nitrogens with one attached hydrogen (secondary N) is 3. The molecule has 0 aliphatic carbocycles. The first-order chi connectivity index (χ1) is 14.4. The first kappa shape index (κ1) is 19.2. The summed E-state index contributed by atoms with van der Waals surface area (Å²) in [6.07, 6.45) is 1.96. The van der Waals surface area contributed by atoms with Gasteiger partial charge in [0, 0.05) is 62.6 Å². The summed E-state index contributed by atoms with van der Waals surface area (Å²) in [7, 11) is 0.860. The maximum atomic E-state index is 14.2. The summed E-state index contributed by atoms with van der Waals surface area (Å²) in [5, 5.41) is 7.59. The van der Waals surface area contributed by atoms with Gasteiger partial charge in [0.25, 0.3) is 0 Å². The standard InChI is InChI=1S/C21H22F3N5Si/c22-21(23,24)18-14(15-11-27-16-5-2-1-4-13(15)16)10-17(19-26-8-9-29(18)19)28-20(30)6-3-7-25-12-20/h1-2,4-5,8-11,25,27-28H,3,6-7,12H2,30H3/t20-/m0/s1. The number of hydrogen-bond donors (Lipinski definition) is 3. The fourth-order valence-corrected chi connectivity index (χ4v) is 5.33. The van der Waals surface area contributed by atoms with E-state index in [-0.39, 0.29) is 10.7 Å². The van der Waals surface area contributed by atoms with Crippen molar-refractivity contribution >= 4 is 32.5 Å². The summed E-state index contributed by atoms with van der Waals surface area (Å²) in [6.45, 7) is 1.77. The molecule has 5 nitrogen and oxygen atoms in total. The Kier molecular flexibility index (Phi) is 4.40. The van der Waals surface area contributed by atoms with Gasteiger partial charge in [-0.1, -0.05) is 18.2 Å². The number of pyridine rings is 1. The second-order valence-electron chi connectivity index (χ2n) is 8.15. The SMILES string of the molecule is FC(F)(F)c1c(-c2c[nH]c3ccccc23)cc(N[C@]2([SiH3])CCCNC2)c2nccn12. The number of aromatic amines is 1. The zero-order valence-electron chi connectivity index (χ0n) is 16.5. The van der Waals surface area contributed by atoms with E-state index in [9.17, 15) is 13.2 Å². The average molecular weight is 430 g/mol. The molecule has 5 rings (SSSR count). The van der Waals surface area contributed by atoms with Gasteiger partial charge in [0.05, 0.1) is 5.69 Å². The minimum absolute atomic E-state index is 0.123. The van der Waals surface area contributed by atoms with Crippen molar-refractivity contribution in [3.8, 4) is 11.1 Å². The van der Waals surface area contributed by atoms with Gasteiger partial charge in [-0.2, -0.15) is 13.2 Å². The number of imidazole rings is 1. The second kappa shape index (κ2) is 6.88. The maximum Gasteiger partial charge on any atom is 0.432 e. The Morgan fingerprint density at radius 2 is 2.03 bits per heavy atom. The largest absolute Gasteiger partial charge is 0.432 e. The molecule has 0 spiro atoms. The quantitative estimate of drug-likeness (QED) is 0.438. The Bertz CT molecular complexity index is 1220. The fourth-order valence-electron chi connectivity index (χ4n) is 4.46. The number of aromatic nitrogens is 3. The Balaban J connectivity index is 1.76. The van der Waals surface area contributed by atoms with E-state index in [1.165, 1.54) is 16.8 Å². The molecule has 0 amide bonds. The second-order valence-corrected chi connectivity index (χ2v) is 10.1. The monoisotopic (exact) mass is 429 g/mol. The van der Waals surface area contributed by atoms with Crippen LogP contribution in [0.15, 0.2) is 48.9 Å². The molecule has 0 saturated carbocycles. The average Bonchev–Trinajstić information content (AvgIpc) is 3.34. The first-order valence-electron chi connectivity index (χ1n) is 9.98. The fraction of sp³-hybridized carbons (Fsp3) is 0.286. The van der Waals surface area contributed by atoms with Gasteiger partial charge in [-0.05, 0) is 31.5 Å². The zero-order chi connectivity index (χ0) is 20.9. The van der Waals surface area contributed by atoms with Crippen LogP contribution in [0.1, 0.15) is 18.5 Å². The molecule has 1 atom stereocenters. The third kappa shape index (κ3) is 3.18. The number of hydrogen-bond acceptors (Lipinski definition) is 3. The van der Waals surface area contributed by atoms with E-state index < -0.39 is 11.9 Å². The number of piperidine rings is 1. The first-order valence-corrected chi connectivity index (χ1v) is 11.0. The molecule has 1 fully saturated rings. The van der Waals surface area contributed by atoms with Crippen molar-refractivity contribution in [3.05, 3.63) is 54.6 Å². The highest BCUT2D eigenvalue weighted by Crippen LogP contribution is 2.42. The van der Waals surface area contributed by atoms with Crippen LogP contribution in [-0.4, -0.2) is 42.9 Å². The van der Waals surface area contributed by atoms with Crippen LogP contribution in [0.2, 0.25) is 0 Å². The third-order valence-electron chi connectivity index (χ3n) is 5.85. The van der Waals surface area contributed by atoms with E-state index in [4.69, 9.17) is 0 Å². The summed E-state index contributed by atoms with van der Waals surface area (Å²) in [5.41, 5.74) is 1.69. The van der Waals surface area contributed by atoms with Gasteiger partial charge in [0.2, 0.25) is 0 Å². The molecule has 4 aromatic rings. The number of benzene rings is 1. The van der Waals surface area contributed by atoms with Crippen molar-refractivity contribution in [1.82, 2.24) is 19.7 Å². The van der Waals surface area contributed by atoms with E-state index in [0.717, 1.165) is 47.1 Å². The summed E-state index contributed by atoms with van der Waals surface area (Å²) in [6, 6.07) is 9.02. The normalized spacial score (nSPS) is 20.2. The van der Waals surface area contributed by atoms with Crippen LogP contribution in [0.4, 0.5) is 18.9 Å². The van der Waals surface area contributed by atoms with Gasteiger partial charge in [-0.25, -0.2) is 4.98 Å². The Morgan fingerprint density at radius 3 is 2.80 bits per heavy atom. The number of fused-ring (bicyclic) bond motifs is 2. The lowest BCUT2D eigenvalue weighted by atomic mass is 10.0. The van der Waals surface area contributed by atoms with Crippen LogP contribution >= 0.6 is 0 Å². The van der Waals surface area contributed by atoms with Crippen molar-refractivity contribution in [2.24, 2.45) is 0 Å². The van der Waals surface area contributed by atoms with Crippen molar-refractivity contribution in [2.45, 2.75) is 24.2 Å². The number of anilines is 1. The van der Waals surface area contributed by atoms with Crippen molar-refractivity contribution < 1.29 is 13.2 Å². The third-order valence-corrected chi connectivity index (χ3v) is 6.95. The van der Waals surface area contributed by atoms with Gasteiger partial charge in [0.1, 0.15) is 5.69 Å². The molecule has 0 bridgehead atoms. The highest BCUT2D eigenvalue weighted by atomic mass is 28.1. The molecule has 0 unspecified atom stereocenters. The zero-order valence-corrected chi connectivity index (χ0v) is 18.5. The lowest BCUT2D eigenvalue weighted by Gasteiger charge is -2.36. The molecule has 3 aromatic heterocycles. The summed E-state index contributed by atoms with van der Waals surface area (Å²) in [4.78, 5) is 7.36. The summed E-state index contributed by atoms with van der Waals surface area (Å²) >= 11 is 0. The number of para-hydroxylation sites is 1. The molecule has 0 radical (unpaired) electrons. The number of rotatable bonds is 3. The molecule has 1 aliphatic heterocycles. The highest BCUT2D eigenvalue weighted by Gasteiger charge is 2.38. The van der Waals surface area contributed by atoms with Gasteiger partial charge < -0.3 is 15.6 Å². The van der Waals surface area contributed by atoms with E-state index in [2.05, 4.69) is 20.6 Å².